The lowest BCUT2D eigenvalue weighted by Crippen LogP contribution is -2.00. The second kappa shape index (κ2) is 3.55. The summed E-state index contributed by atoms with van der Waals surface area (Å²) in [5, 5.41) is 14.7. The van der Waals surface area contributed by atoms with Gasteiger partial charge in [0.1, 0.15) is 5.15 Å². The molecule has 4 heteroatoms. The molecule has 0 saturated heterocycles. The zero-order chi connectivity index (χ0) is 10.3. The van der Waals surface area contributed by atoms with Crippen LogP contribution in [0.25, 0.3) is 0 Å². The van der Waals surface area contributed by atoms with Gasteiger partial charge in [-0.2, -0.15) is 5.10 Å². The Morgan fingerprint density at radius 3 is 2.71 bits per heavy atom. The maximum Gasteiger partial charge on any atom is 0.132 e. The summed E-state index contributed by atoms with van der Waals surface area (Å²) in [5.41, 5.74) is 1.65. The Morgan fingerprint density at radius 1 is 1.64 bits per heavy atom. The number of rotatable bonds is 3. The summed E-state index contributed by atoms with van der Waals surface area (Å²) in [7, 11) is 1.79. The monoisotopic (exact) mass is 214 g/mol. The second-order valence-corrected chi connectivity index (χ2v) is 4.47. The Bertz CT molecular complexity index is 344. The first-order valence-corrected chi connectivity index (χ1v) is 5.34. The van der Waals surface area contributed by atoms with Gasteiger partial charge in [0, 0.05) is 12.6 Å². The summed E-state index contributed by atoms with van der Waals surface area (Å²) < 4.78 is 1.61. The van der Waals surface area contributed by atoms with Gasteiger partial charge in [0.05, 0.1) is 11.8 Å². The standard InChI is InChI=1S/C10H15ClN2O/c1-6-9(10(11)13(2)12-6)8(14)5-7-3-4-7/h7-8,14H,3-5H2,1-2H3. The fraction of sp³-hybridized carbons (Fsp3) is 0.700. The third kappa shape index (κ3) is 1.79. The van der Waals surface area contributed by atoms with E-state index in [4.69, 9.17) is 11.6 Å². The van der Waals surface area contributed by atoms with Gasteiger partial charge in [-0.25, -0.2) is 0 Å². The van der Waals surface area contributed by atoms with Gasteiger partial charge in [-0.15, -0.1) is 0 Å². The van der Waals surface area contributed by atoms with Crippen LogP contribution < -0.4 is 0 Å². The van der Waals surface area contributed by atoms with Gasteiger partial charge < -0.3 is 5.11 Å². The molecule has 1 fully saturated rings. The molecule has 1 saturated carbocycles. The Morgan fingerprint density at radius 2 is 2.29 bits per heavy atom. The van der Waals surface area contributed by atoms with Crippen molar-refractivity contribution in [1.29, 1.82) is 0 Å². The first-order chi connectivity index (χ1) is 6.59. The highest BCUT2D eigenvalue weighted by Crippen LogP contribution is 2.39. The van der Waals surface area contributed by atoms with Crippen LogP contribution in [0.2, 0.25) is 5.15 Å². The van der Waals surface area contributed by atoms with Crippen molar-refractivity contribution in [3.8, 4) is 0 Å². The normalized spacial score (nSPS) is 18.6. The van der Waals surface area contributed by atoms with E-state index in [-0.39, 0.29) is 0 Å². The average Bonchev–Trinajstić information content (AvgIpc) is 2.83. The minimum atomic E-state index is -0.441. The van der Waals surface area contributed by atoms with E-state index >= 15 is 0 Å². The van der Waals surface area contributed by atoms with Crippen LogP contribution in [0.1, 0.15) is 36.6 Å². The fourth-order valence-electron chi connectivity index (χ4n) is 1.81. The number of aromatic nitrogens is 2. The Kier molecular flexibility index (Phi) is 2.54. The van der Waals surface area contributed by atoms with E-state index in [1.807, 2.05) is 6.92 Å². The summed E-state index contributed by atoms with van der Waals surface area (Å²) in [6.07, 6.45) is 2.87. The molecule has 1 aromatic heterocycles. The average molecular weight is 215 g/mol. The minimum Gasteiger partial charge on any atom is -0.388 e. The maximum atomic E-state index is 9.97. The van der Waals surface area contributed by atoms with Gasteiger partial charge in [0.25, 0.3) is 0 Å². The molecule has 1 aliphatic carbocycles. The van der Waals surface area contributed by atoms with Crippen LogP contribution in [0.4, 0.5) is 0 Å². The van der Waals surface area contributed by atoms with Crippen LogP contribution in [0, 0.1) is 12.8 Å². The molecule has 2 rings (SSSR count). The number of halogens is 1. The molecule has 0 amide bonds. The summed E-state index contributed by atoms with van der Waals surface area (Å²) in [6.45, 7) is 1.89. The van der Waals surface area contributed by atoms with Gasteiger partial charge in [0.15, 0.2) is 0 Å². The fourth-order valence-corrected chi connectivity index (χ4v) is 2.11. The summed E-state index contributed by atoms with van der Waals surface area (Å²) in [6, 6.07) is 0. The van der Waals surface area contributed by atoms with Crippen LogP contribution in [0.15, 0.2) is 0 Å². The molecule has 1 aromatic rings. The van der Waals surface area contributed by atoms with Gasteiger partial charge in [-0.05, 0) is 19.3 Å². The Labute approximate surface area is 88.7 Å². The van der Waals surface area contributed by atoms with Crippen molar-refractivity contribution >= 4 is 11.6 Å². The SMILES string of the molecule is Cc1nn(C)c(Cl)c1C(O)CC1CC1. The van der Waals surface area contributed by atoms with E-state index in [0.29, 0.717) is 11.1 Å². The topological polar surface area (TPSA) is 38.0 Å². The molecule has 1 aliphatic rings. The molecule has 0 aromatic carbocycles. The van der Waals surface area contributed by atoms with E-state index in [0.717, 1.165) is 17.7 Å². The number of aryl methyl sites for hydroxylation is 2. The zero-order valence-electron chi connectivity index (χ0n) is 8.50. The van der Waals surface area contributed by atoms with Crippen LogP contribution in [-0.4, -0.2) is 14.9 Å². The molecule has 0 aliphatic heterocycles. The van der Waals surface area contributed by atoms with Crippen LogP contribution >= 0.6 is 11.6 Å². The highest BCUT2D eigenvalue weighted by molar-refractivity contribution is 6.30. The lowest BCUT2D eigenvalue weighted by Gasteiger charge is -2.09. The molecule has 1 heterocycles. The van der Waals surface area contributed by atoms with Gasteiger partial charge in [-0.1, -0.05) is 24.4 Å². The van der Waals surface area contributed by atoms with Crippen molar-refractivity contribution in [2.45, 2.75) is 32.3 Å². The number of hydrogen-bond donors (Lipinski definition) is 1. The van der Waals surface area contributed by atoms with E-state index in [2.05, 4.69) is 5.10 Å². The first-order valence-electron chi connectivity index (χ1n) is 4.96. The third-order valence-electron chi connectivity index (χ3n) is 2.78. The predicted octanol–water partition coefficient (Wildman–Crippen LogP) is 2.22. The Balaban J connectivity index is 2.20. The van der Waals surface area contributed by atoms with E-state index in [1.54, 1.807) is 11.7 Å². The third-order valence-corrected chi connectivity index (χ3v) is 3.23. The predicted molar refractivity (Wildman–Crippen MR) is 55.3 cm³/mol. The molecular formula is C10H15ClN2O. The van der Waals surface area contributed by atoms with Crippen molar-refractivity contribution in [3.63, 3.8) is 0 Å². The highest BCUT2D eigenvalue weighted by Gasteiger charge is 2.28. The minimum absolute atomic E-state index is 0.441. The van der Waals surface area contributed by atoms with Gasteiger partial charge in [-0.3, -0.25) is 4.68 Å². The van der Waals surface area contributed by atoms with E-state index in [9.17, 15) is 5.11 Å². The number of nitrogens with zero attached hydrogens (tertiary/aromatic N) is 2. The van der Waals surface area contributed by atoms with Crippen molar-refractivity contribution in [1.82, 2.24) is 9.78 Å². The molecule has 1 atom stereocenters. The van der Waals surface area contributed by atoms with Crippen LogP contribution in [0.3, 0.4) is 0 Å². The quantitative estimate of drug-likeness (QED) is 0.838. The van der Waals surface area contributed by atoms with Crippen molar-refractivity contribution in [2.75, 3.05) is 0 Å². The van der Waals surface area contributed by atoms with Crippen LogP contribution in [0.5, 0.6) is 0 Å². The first kappa shape index (κ1) is 9.99. The largest absolute Gasteiger partial charge is 0.388 e. The smallest absolute Gasteiger partial charge is 0.132 e. The lowest BCUT2D eigenvalue weighted by molar-refractivity contribution is 0.159. The molecule has 3 nitrogen and oxygen atoms in total. The number of hydrogen-bond acceptors (Lipinski definition) is 2. The zero-order valence-corrected chi connectivity index (χ0v) is 9.25. The molecule has 0 bridgehead atoms. The molecule has 0 spiro atoms. The van der Waals surface area contributed by atoms with Gasteiger partial charge in [0.2, 0.25) is 0 Å². The lowest BCUT2D eigenvalue weighted by atomic mass is 10.1. The van der Waals surface area contributed by atoms with Gasteiger partial charge >= 0.3 is 0 Å². The van der Waals surface area contributed by atoms with Crippen LogP contribution in [-0.2, 0) is 7.05 Å². The molecule has 0 radical (unpaired) electrons. The van der Waals surface area contributed by atoms with E-state index < -0.39 is 6.10 Å². The van der Waals surface area contributed by atoms with Crippen molar-refractivity contribution in [3.05, 3.63) is 16.4 Å². The summed E-state index contributed by atoms with van der Waals surface area (Å²) >= 11 is 6.05. The maximum absolute atomic E-state index is 9.97. The summed E-state index contributed by atoms with van der Waals surface area (Å²) in [4.78, 5) is 0. The number of aliphatic hydroxyl groups is 1. The molecule has 14 heavy (non-hydrogen) atoms. The highest BCUT2D eigenvalue weighted by atomic mass is 35.5. The summed E-state index contributed by atoms with van der Waals surface area (Å²) in [5.74, 6) is 0.695. The molecule has 78 valence electrons. The van der Waals surface area contributed by atoms with E-state index in [1.165, 1.54) is 12.8 Å². The second-order valence-electron chi connectivity index (χ2n) is 4.11. The molecule has 1 unspecified atom stereocenters. The van der Waals surface area contributed by atoms with Crippen molar-refractivity contribution < 1.29 is 5.11 Å². The Hall–Kier alpha value is -0.540. The molecule has 1 N–H and O–H groups in total. The molecular weight excluding hydrogens is 200 g/mol. The number of aliphatic hydroxyl groups excluding tert-OH is 1. The van der Waals surface area contributed by atoms with Crippen molar-refractivity contribution in [2.24, 2.45) is 13.0 Å².